The Labute approximate surface area is 351 Å². The van der Waals surface area contributed by atoms with E-state index in [2.05, 4.69) is 0 Å². The number of rotatable bonds is 6. The van der Waals surface area contributed by atoms with E-state index in [0.717, 1.165) is 6.07 Å². The van der Waals surface area contributed by atoms with E-state index in [-0.39, 0.29) is 85.6 Å². The Morgan fingerprint density at radius 1 is 0.484 bits per heavy atom. The second-order valence-electron chi connectivity index (χ2n) is 15.5. The second kappa shape index (κ2) is 14.9. The fourth-order valence-electron chi connectivity index (χ4n) is 8.93. The molecule has 12 N–H and O–H groups in total. The lowest BCUT2D eigenvalue weighted by atomic mass is 9.73. The Kier molecular flexibility index (Phi) is 9.65. The van der Waals surface area contributed by atoms with Gasteiger partial charge in [-0.3, -0.25) is 0 Å². The molecule has 320 valence electrons. The van der Waals surface area contributed by atoms with Crippen LogP contribution in [0.5, 0.6) is 74.7 Å². The zero-order chi connectivity index (χ0) is 43.9. The summed E-state index contributed by atoms with van der Waals surface area (Å²) >= 11 is 0. The number of benzene rings is 6. The summed E-state index contributed by atoms with van der Waals surface area (Å²) in [5, 5.41) is 134. The van der Waals surface area contributed by atoms with E-state index in [1.807, 2.05) is 0 Å². The van der Waals surface area contributed by atoms with Crippen molar-refractivity contribution in [2.45, 2.75) is 54.9 Å². The van der Waals surface area contributed by atoms with Gasteiger partial charge in [-0.05, 0) is 65.2 Å². The highest BCUT2D eigenvalue weighted by Gasteiger charge is 2.50. The summed E-state index contributed by atoms with van der Waals surface area (Å²) in [7, 11) is 1.37. The number of fused-ring (bicyclic) bond motifs is 4. The minimum Gasteiger partial charge on any atom is -0.508 e. The summed E-state index contributed by atoms with van der Waals surface area (Å²) in [5.41, 5.74) is 0.788. The summed E-state index contributed by atoms with van der Waals surface area (Å²) in [6.07, 6.45) is -8.91. The molecule has 0 amide bonds. The molecule has 3 aliphatic heterocycles. The molecule has 0 unspecified atom stereocenters. The van der Waals surface area contributed by atoms with E-state index in [4.69, 9.17) is 18.9 Å². The fourth-order valence-corrected chi connectivity index (χ4v) is 8.93. The lowest BCUT2D eigenvalue weighted by Gasteiger charge is -2.44. The molecule has 0 aliphatic carbocycles. The van der Waals surface area contributed by atoms with E-state index in [9.17, 15) is 61.3 Å². The van der Waals surface area contributed by atoms with Gasteiger partial charge in [-0.15, -0.1) is 0 Å². The first-order valence-corrected chi connectivity index (χ1v) is 19.4. The Morgan fingerprint density at radius 2 is 0.984 bits per heavy atom. The zero-order valence-electron chi connectivity index (χ0n) is 32.5. The quantitative estimate of drug-likeness (QED) is 0.0943. The zero-order valence-corrected chi connectivity index (χ0v) is 32.5. The standard InChI is InChI=1S/C46H40O16/c1-59-33-11-4-18(14-31(33)54)42-32(55)17-25-45(61-42)38(36-24-8-6-22(48)16-34(24)60-43(41(36)58)19-2-9-26(49)29(52)12-19)39(56)37-35(23-7-5-21(47)15-28(23)51)40(57)44(62-46(25)37)20-3-10-27(50)30(53)13-20/h2-16,32,35-36,40-44,47-58H,17H2,1H3/t32-,35+,36+,40-,41-,42+,43+,44-/m0/s1. The maximum absolute atomic E-state index is 13.0. The summed E-state index contributed by atoms with van der Waals surface area (Å²) in [4.78, 5) is 0. The Morgan fingerprint density at radius 3 is 1.55 bits per heavy atom. The van der Waals surface area contributed by atoms with Gasteiger partial charge in [0.15, 0.2) is 46.7 Å². The first-order valence-electron chi connectivity index (χ1n) is 19.4. The average molecular weight is 849 g/mol. The lowest BCUT2D eigenvalue weighted by Crippen LogP contribution is -2.39. The highest BCUT2D eigenvalue weighted by atomic mass is 16.5. The summed E-state index contributed by atoms with van der Waals surface area (Å²) in [5.74, 6) is -6.58. The van der Waals surface area contributed by atoms with Crippen LogP contribution in [0, 0.1) is 0 Å². The Balaban J connectivity index is 1.34. The Hall–Kier alpha value is -7.40. The van der Waals surface area contributed by atoms with Crippen molar-refractivity contribution in [3.8, 4) is 74.7 Å². The number of hydrogen-bond acceptors (Lipinski definition) is 16. The molecule has 62 heavy (non-hydrogen) atoms. The number of aromatic hydroxyl groups is 9. The topological polar surface area (TPSA) is 280 Å². The van der Waals surface area contributed by atoms with Crippen molar-refractivity contribution >= 4 is 0 Å². The van der Waals surface area contributed by atoms with Crippen LogP contribution < -0.4 is 18.9 Å². The third kappa shape index (κ3) is 6.43. The first kappa shape index (κ1) is 40.0. The van der Waals surface area contributed by atoms with Gasteiger partial charge in [0.25, 0.3) is 0 Å². The van der Waals surface area contributed by atoms with E-state index < -0.39 is 83.0 Å². The summed E-state index contributed by atoms with van der Waals surface area (Å²) in [6, 6.07) is 19.7. The molecule has 0 radical (unpaired) electrons. The number of aliphatic hydroxyl groups is 3. The number of aliphatic hydroxyl groups excluding tert-OH is 3. The van der Waals surface area contributed by atoms with E-state index in [0.29, 0.717) is 5.56 Å². The number of ether oxygens (including phenoxy) is 4. The van der Waals surface area contributed by atoms with Crippen LogP contribution in [-0.4, -0.2) is 86.7 Å². The van der Waals surface area contributed by atoms with Gasteiger partial charge in [0.05, 0.1) is 13.2 Å². The third-order valence-electron chi connectivity index (χ3n) is 11.8. The SMILES string of the molecule is COc1ccc([C@H]2Oc3c(c4c(c(O)c3[C@H]3c5ccc(O)cc5O[C@H](c5ccc(O)c(O)c5)[C@H]3O)[C@@H](c3ccc(O)cc3O)[C@H](O)[C@H](c3ccc(O)c(O)c3)O4)C[C@@H]2O)cc1O. The number of phenols is 9. The fraction of sp³-hybridized carbons (Fsp3) is 0.217. The molecule has 9 rings (SSSR count). The van der Waals surface area contributed by atoms with Crippen LogP contribution in [0.4, 0.5) is 0 Å². The molecule has 16 nitrogen and oxygen atoms in total. The van der Waals surface area contributed by atoms with Crippen LogP contribution in [0.15, 0.2) is 91.0 Å². The molecule has 6 aromatic rings. The predicted octanol–water partition coefficient (Wildman–Crippen LogP) is 5.34. The van der Waals surface area contributed by atoms with Gasteiger partial charge in [-0.2, -0.15) is 0 Å². The van der Waals surface area contributed by atoms with E-state index in [1.165, 1.54) is 86.0 Å². The molecular formula is C46H40O16. The van der Waals surface area contributed by atoms with Gasteiger partial charge in [0.2, 0.25) is 0 Å². The van der Waals surface area contributed by atoms with E-state index >= 15 is 0 Å². The first-order chi connectivity index (χ1) is 29.6. The van der Waals surface area contributed by atoms with E-state index in [1.54, 1.807) is 6.07 Å². The lowest BCUT2D eigenvalue weighted by molar-refractivity contribution is -0.00676. The van der Waals surface area contributed by atoms with Crippen LogP contribution >= 0.6 is 0 Å². The highest BCUT2D eigenvalue weighted by molar-refractivity contribution is 5.71. The van der Waals surface area contributed by atoms with Crippen molar-refractivity contribution in [3.63, 3.8) is 0 Å². The molecule has 8 atom stereocenters. The van der Waals surface area contributed by atoms with Crippen LogP contribution in [0.25, 0.3) is 0 Å². The van der Waals surface area contributed by atoms with Gasteiger partial charge in [-0.1, -0.05) is 30.3 Å². The monoisotopic (exact) mass is 848 g/mol. The molecule has 0 aromatic heterocycles. The maximum atomic E-state index is 13.0. The van der Waals surface area contributed by atoms with Crippen molar-refractivity contribution in [2.75, 3.05) is 7.11 Å². The van der Waals surface area contributed by atoms with Crippen molar-refractivity contribution < 1.29 is 80.2 Å². The van der Waals surface area contributed by atoms with Gasteiger partial charge in [-0.25, -0.2) is 0 Å². The molecule has 0 spiro atoms. The van der Waals surface area contributed by atoms with Gasteiger partial charge < -0.3 is 80.2 Å². The van der Waals surface area contributed by atoms with Gasteiger partial charge >= 0.3 is 0 Å². The van der Waals surface area contributed by atoms with Crippen LogP contribution in [0.2, 0.25) is 0 Å². The minimum absolute atomic E-state index is 0.00760. The largest absolute Gasteiger partial charge is 0.508 e. The molecule has 3 heterocycles. The van der Waals surface area contributed by atoms with Crippen molar-refractivity contribution in [2.24, 2.45) is 0 Å². The minimum atomic E-state index is -1.68. The van der Waals surface area contributed by atoms with Crippen molar-refractivity contribution in [3.05, 3.63) is 136 Å². The van der Waals surface area contributed by atoms with Crippen LogP contribution in [0.1, 0.15) is 74.7 Å². The van der Waals surface area contributed by atoms with Gasteiger partial charge in [0.1, 0.15) is 58.6 Å². The smallest absolute Gasteiger partial charge is 0.160 e. The molecule has 16 heteroatoms. The van der Waals surface area contributed by atoms with Crippen molar-refractivity contribution in [1.82, 2.24) is 0 Å². The van der Waals surface area contributed by atoms with Crippen molar-refractivity contribution in [1.29, 1.82) is 0 Å². The van der Waals surface area contributed by atoms with Crippen LogP contribution in [-0.2, 0) is 6.42 Å². The average Bonchev–Trinajstić information content (AvgIpc) is 3.23. The third-order valence-corrected chi connectivity index (χ3v) is 11.8. The molecule has 6 aromatic carbocycles. The molecule has 0 fully saturated rings. The number of phenolic OH excluding ortho intramolecular Hbond substituents is 9. The molecule has 0 saturated carbocycles. The molecular weight excluding hydrogens is 808 g/mol. The van der Waals surface area contributed by atoms with Gasteiger partial charge in [0, 0.05) is 58.2 Å². The molecule has 3 aliphatic rings. The second-order valence-corrected chi connectivity index (χ2v) is 15.5. The molecule has 0 saturated heterocycles. The van der Waals surface area contributed by atoms with Crippen LogP contribution in [0.3, 0.4) is 0 Å². The molecule has 0 bridgehead atoms. The highest BCUT2D eigenvalue weighted by Crippen LogP contribution is 2.62. The predicted molar refractivity (Wildman–Crippen MR) is 216 cm³/mol. The normalized spacial score (nSPS) is 23.7. The Bertz CT molecular complexity index is 2750. The number of methoxy groups -OCH3 is 1. The maximum Gasteiger partial charge on any atom is 0.160 e. The summed E-state index contributed by atoms with van der Waals surface area (Å²) in [6.45, 7) is 0. The summed E-state index contributed by atoms with van der Waals surface area (Å²) < 4.78 is 24.7. The number of hydrogen-bond donors (Lipinski definition) is 12.